The molecule has 19 heavy (non-hydrogen) atoms. The van der Waals surface area contributed by atoms with E-state index in [4.69, 9.17) is 4.42 Å². The highest BCUT2D eigenvalue weighted by molar-refractivity contribution is 7.99. The second kappa shape index (κ2) is 6.48. The van der Waals surface area contributed by atoms with Crippen LogP contribution in [0.25, 0.3) is 0 Å². The number of nitrogens with one attached hydrogen (secondary N) is 1. The van der Waals surface area contributed by atoms with Crippen molar-refractivity contribution in [1.29, 1.82) is 0 Å². The highest BCUT2D eigenvalue weighted by atomic mass is 32.2. The highest BCUT2D eigenvalue weighted by Gasteiger charge is 2.28. The van der Waals surface area contributed by atoms with Crippen LogP contribution in [0.2, 0.25) is 0 Å². The number of hydrogen-bond acceptors (Lipinski definition) is 5. The Balaban J connectivity index is 1.97. The van der Waals surface area contributed by atoms with Gasteiger partial charge in [0.2, 0.25) is 5.76 Å². The van der Waals surface area contributed by atoms with E-state index in [1.54, 1.807) is 6.07 Å². The predicted octanol–water partition coefficient (Wildman–Crippen LogP) is 3.00. The summed E-state index contributed by atoms with van der Waals surface area (Å²) in [5.74, 6) is 0.618. The lowest BCUT2D eigenvalue weighted by molar-refractivity contribution is 0.0562. The highest BCUT2D eigenvalue weighted by Crippen LogP contribution is 2.30. The van der Waals surface area contributed by atoms with Gasteiger partial charge in [0, 0.05) is 11.3 Å². The van der Waals surface area contributed by atoms with Crippen LogP contribution in [0.1, 0.15) is 48.5 Å². The number of methoxy groups -OCH3 is 1. The van der Waals surface area contributed by atoms with Crippen molar-refractivity contribution in [2.45, 2.75) is 43.5 Å². The lowest BCUT2D eigenvalue weighted by atomic mass is 10.2. The smallest absolute Gasteiger partial charge is 0.373 e. The number of rotatable bonds is 5. The van der Waals surface area contributed by atoms with Crippen LogP contribution in [0.5, 0.6) is 0 Å². The molecule has 2 rings (SSSR count). The Bertz CT molecular complexity index is 432. The van der Waals surface area contributed by atoms with E-state index in [0.717, 1.165) is 5.76 Å². The summed E-state index contributed by atoms with van der Waals surface area (Å²) in [4.78, 5) is 11.4. The van der Waals surface area contributed by atoms with Crippen molar-refractivity contribution in [3.05, 3.63) is 23.7 Å². The fourth-order valence-electron chi connectivity index (χ4n) is 2.60. The van der Waals surface area contributed by atoms with E-state index >= 15 is 0 Å². The van der Waals surface area contributed by atoms with Crippen molar-refractivity contribution in [3.8, 4) is 0 Å². The fourth-order valence-corrected chi connectivity index (χ4v) is 3.54. The summed E-state index contributed by atoms with van der Waals surface area (Å²) in [5, 5.41) is 4.28. The molecule has 1 aromatic rings. The minimum absolute atomic E-state index is 0.108. The summed E-state index contributed by atoms with van der Waals surface area (Å²) in [6.07, 6.45) is 5.93. The number of furan rings is 1. The summed E-state index contributed by atoms with van der Waals surface area (Å²) in [6.45, 7) is 2.07. The Morgan fingerprint density at radius 2 is 2.32 bits per heavy atom. The van der Waals surface area contributed by atoms with E-state index in [0.29, 0.717) is 11.3 Å². The molecular weight excluding hydrogens is 262 g/mol. The Kier molecular flexibility index (Phi) is 4.93. The number of ether oxygens (including phenoxy) is 1. The molecule has 5 heteroatoms. The molecule has 1 aliphatic carbocycles. The molecule has 0 aromatic carbocycles. The molecule has 0 amide bonds. The molecule has 1 heterocycles. The first-order valence-corrected chi connectivity index (χ1v) is 7.91. The number of hydrogen-bond donors (Lipinski definition) is 1. The molecule has 3 atom stereocenters. The van der Waals surface area contributed by atoms with Crippen molar-refractivity contribution in [2.75, 3.05) is 13.4 Å². The van der Waals surface area contributed by atoms with Gasteiger partial charge in [-0.15, -0.1) is 0 Å². The summed E-state index contributed by atoms with van der Waals surface area (Å²) >= 11 is 1.92. The van der Waals surface area contributed by atoms with Gasteiger partial charge in [0.25, 0.3) is 0 Å². The van der Waals surface area contributed by atoms with Crippen molar-refractivity contribution < 1.29 is 13.9 Å². The first-order chi connectivity index (χ1) is 9.15. The standard InChI is InChI=1S/C14H21NO3S/c1-9(15-10-5-4-6-13(10)19-3)11-7-8-12(18-11)14(16)17-2/h7-10,13,15H,4-6H2,1-3H3. The van der Waals surface area contributed by atoms with Crippen LogP contribution in [0.4, 0.5) is 0 Å². The van der Waals surface area contributed by atoms with Crippen LogP contribution < -0.4 is 5.32 Å². The molecule has 1 saturated carbocycles. The second-order valence-corrected chi connectivity index (χ2v) is 5.97. The Hall–Kier alpha value is -0.940. The zero-order valence-corrected chi connectivity index (χ0v) is 12.5. The maximum Gasteiger partial charge on any atom is 0.373 e. The summed E-state index contributed by atoms with van der Waals surface area (Å²) < 4.78 is 10.2. The van der Waals surface area contributed by atoms with Gasteiger partial charge in [0.05, 0.1) is 13.2 Å². The van der Waals surface area contributed by atoms with E-state index in [1.165, 1.54) is 26.4 Å². The van der Waals surface area contributed by atoms with Crippen LogP contribution in [0.15, 0.2) is 16.5 Å². The molecule has 1 aliphatic rings. The van der Waals surface area contributed by atoms with Gasteiger partial charge in [-0.25, -0.2) is 4.79 Å². The lowest BCUT2D eigenvalue weighted by Crippen LogP contribution is -2.35. The first kappa shape index (κ1) is 14.5. The van der Waals surface area contributed by atoms with Crippen LogP contribution in [-0.2, 0) is 4.74 Å². The molecular formula is C14H21NO3S. The van der Waals surface area contributed by atoms with Crippen molar-refractivity contribution in [3.63, 3.8) is 0 Å². The fraction of sp³-hybridized carbons (Fsp3) is 0.643. The SMILES string of the molecule is COC(=O)c1ccc(C(C)NC2CCCC2SC)o1. The van der Waals surface area contributed by atoms with Crippen LogP contribution in [0.3, 0.4) is 0 Å². The normalized spacial score (nSPS) is 24.4. The summed E-state index contributed by atoms with van der Waals surface area (Å²) in [5.41, 5.74) is 0. The van der Waals surface area contributed by atoms with Gasteiger partial charge in [0.15, 0.2) is 0 Å². The van der Waals surface area contributed by atoms with Gasteiger partial charge in [0.1, 0.15) is 5.76 Å². The van der Waals surface area contributed by atoms with Crippen molar-refractivity contribution in [1.82, 2.24) is 5.32 Å². The molecule has 1 fully saturated rings. The quantitative estimate of drug-likeness (QED) is 0.842. The molecule has 1 N–H and O–H groups in total. The predicted molar refractivity (Wildman–Crippen MR) is 76.5 cm³/mol. The molecule has 106 valence electrons. The average Bonchev–Trinajstić information content (AvgIpc) is 3.06. The monoisotopic (exact) mass is 283 g/mol. The number of carbonyl (C=O) groups is 1. The average molecular weight is 283 g/mol. The van der Waals surface area contributed by atoms with Crippen LogP contribution in [0, 0.1) is 0 Å². The van der Waals surface area contributed by atoms with Crippen molar-refractivity contribution >= 4 is 17.7 Å². The molecule has 0 radical (unpaired) electrons. The third kappa shape index (κ3) is 3.34. The molecule has 0 saturated heterocycles. The largest absolute Gasteiger partial charge is 0.463 e. The minimum atomic E-state index is -0.429. The minimum Gasteiger partial charge on any atom is -0.463 e. The third-order valence-corrected chi connectivity index (χ3v) is 4.83. The Morgan fingerprint density at radius 1 is 1.53 bits per heavy atom. The maximum atomic E-state index is 11.4. The van der Waals surface area contributed by atoms with Crippen molar-refractivity contribution in [2.24, 2.45) is 0 Å². The maximum absolute atomic E-state index is 11.4. The molecule has 1 aromatic heterocycles. The van der Waals surface area contributed by atoms with E-state index < -0.39 is 5.97 Å². The number of thioether (sulfide) groups is 1. The summed E-state index contributed by atoms with van der Waals surface area (Å²) in [6, 6.07) is 4.14. The van der Waals surface area contributed by atoms with E-state index in [2.05, 4.69) is 23.2 Å². The second-order valence-electron chi connectivity index (χ2n) is 4.89. The molecule has 3 unspecified atom stereocenters. The first-order valence-electron chi connectivity index (χ1n) is 6.62. The summed E-state index contributed by atoms with van der Waals surface area (Å²) in [7, 11) is 1.35. The molecule has 0 aliphatic heterocycles. The molecule has 0 spiro atoms. The van der Waals surface area contributed by atoms with Gasteiger partial charge in [-0.2, -0.15) is 11.8 Å². The van der Waals surface area contributed by atoms with E-state index in [-0.39, 0.29) is 11.8 Å². The van der Waals surface area contributed by atoms with Gasteiger partial charge >= 0.3 is 5.97 Å². The third-order valence-electron chi connectivity index (χ3n) is 3.66. The van der Waals surface area contributed by atoms with Gasteiger partial charge in [-0.05, 0) is 38.2 Å². The van der Waals surface area contributed by atoms with Gasteiger partial charge < -0.3 is 14.5 Å². The zero-order chi connectivity index (χ0) is 13.8. The van der Waals surface area contributed by atoms with Gasteiger partial charge in [-0.1, -0.05) is 6.42 Å². The van der Waals surface area contributed by atoms with E-state index in [1.807, 2.05) is 17.8 Å². The van der Waals surface area contributed by atoms with Gasteiger partial charge in [-0.3, -0.25) is 0 Å². The van der Waals surface area contributed by atoms with Crippen LogP contribution >= 0.6 is 11.8 Å². The lowest BCUT2D eigenvalue weighted by Gasteiger charge is -2.22. The number of esters is 1. The topological polar surface area (TPSA) is 51.5 Å². The number of carbonyl (C=O) groups excluding carboxylic acids is 1. The zero-order valence-electron chi connectivity index (χ0n) is 11.6. The molecule has 4 nitrogen and oxygen atoms in total. The van der Waals surface area contributed by atoms with Crippen LogP contribution in [-0.4, -0.2) is 30.6 Å². The van der Waals surface area contributed by atoms with E-state index in [9.17, 15) is 4.79 Å². The Labute approximate surface area is 118 Å². The Morgan fingerprint density at radius 3 is 3.00 bits per heavy atom. The molecule has 0 bridgehead atoms.